The largest absolute Gasteiger partial charge is 0.385 e. The van der Waals surface area contributed by atoms with E-state index in [1.54, 1.807) is 19.2 Å². The number of hydrogen-bond acceptors (Lipinski definition) is 4. The van der Waals surface area contributed by atoms with Crippen LogP contribution in [0.25, 0.3) is 0 Å². The van der Waals surface area contributed by atoms with Gasteiger partial charge >= 0.3 is 0 Å². The average molecular weight is 340 g/mol. The van der Waals surface area contributed by atoms with E-state index in [0.717, 1.165) is 37.5 Å². The summed E-state index contributed by atoms with van der Waals surface area (Å²) in [7, 11) is -1.65. The van der Waals surface area contributed by atoms with Gasteiger partial charge in [-0.3, -0.25) is 9.52 Å². The van der Waals surface area contributed by atoms with Gasteiger partial charge in [-0.1, -0.05) is 18.6 Å². The van der Waals surface area contributed by atoms with E-state index in [0.29, 0.717) is 18.8 Å². The zero-order valence-corrected chi connectivity index (χ0v) is 14.4. The van der Waals surface area contributed by atoms with Crippen LogP contribution in [-0.2, 0) is 25.0 Å². The van der Waals surface area contributed by atoms with Gasteiger partial charge in [-0.15, -0.1) is 0 Å². The molecule has 1 fully saturated rings. The number of benzene rings is 1. The van der Waals surface area contributed by atoms with Gasteiger partial charge < -0.3 is 10.1 Å². The lowest BCUT2D eigenvalue weighted by Gasteiger charge is -2.40. The Bertz CT molecular complexity index is 637. The molecule has 1 aromatic rings. The molecule has 0 atom stereocenters. The van der Waals surface area contributed by atoms with Crippen molar-refractivity contribution in [2.75, 3.05) is 31.2 Å². The Labute approximate surface area is 137 Å². The van der Waals surface area contributed by atoms with Crippen molar-refractivity contribution in [2.45, 2.75) is 31.1 Å². The van der Waals surface area contributed by atoms with Gasteiger partial charge in [0.1, 0.15) is 0 Å². The first-order valence-electron chi connectivity index (χ1n) is 7.73. The van der Waals surface area contributed by atoms with E-state index in [1.807, 2.05) is 12.1 Å². The number of nitrogens with one attached hydrogen (secondary N) is 2. The molecule has 0 aliphatic heterocycles. The zero-order valence-electron chi connectivity index (χ0n) is 13.6. The van der Waals surface area contributed by atoms with Crippen LogP contribution in [-0.4, -0.2) is 40.8 Å². The Balaban J connectivity index is 2.06. The number of methoxy groups -OCH3 is 1. The Kier molecular flexibility index (Phi) is 5.64. The Morgan fingerprint density at radius 3 is 2.39 bits per heavy atom. The third-order valence-corrected chi connectivity index (χ3v) is 4.80. The molecule has 128 valence electrons. The molecule has 1 amide bonds. The molecular formula is C16H24N2O4S. The van der Waals surface area contributed by atoms with Crippen LogP contribution in [0.4, 0.5) is 5.69 Å². The van der Waals surface area contributed by atoms with Crippen molar-refractivity contribution in [3.63, 3.8) is 0 Å². The second-order valence-electron chi connectivity index (χ2n) is 5.99. The van der Waals surface area contributed by atoms with Crippen molar-refractivity contribution in [3.05, 3.63) is 29.8 Å². The summed E-state index contributed by atoms with van der Waals surface area (Å²) in [5, 5.41) is 2.98. The summed E-state index contributed by atoms with van der Waals surface area (Å²) in [6.07, 6.45) is 4.57. The maximum atomic E-state index is 12.6. The third-order valence-electron chi connectivity index (χ3n) is 4.19. The van der Waals surface area contributed by atoms with Crippen LogP contribution in [0.2, 0.25) is 0 Å². The quantitative estimate of drug-likeness (QED) is 0.705. The highest BCUT2D eigenvalue weighted by Gasteiger charge is 2.45. The smallest absolute Gasteiger partial charge is 0.230 e. The molecule has 1 aromatic carbocycles. The summed E-state index contributed by atoms with van der Waals surface area (Å²) >= 11 is 0. The molecule has 1 aliphatic rings. The number of rotatable bonds is 8. The Morgan fingerprint density at radius 1 is 1.26 bits per heavy atom. The van der Waals surface area contributed by atoms with Gasteiger partial charge in [0.05, 0.1) is 11.7 Å². The summed E-state index contributed by atoms with van der Waals surface area (Å²) in [5.41, 5.74) is 0.967. The van der Waals surface area contributed by atoms with Crippen LogP contribution >= 0.6 is 0 Å². The van der Waals surface area contributed by atoms with Gasteiger partial charge in [0, 0.05) is 25.9 Å². The summed E-state index contributed by atoms with van der Waals surface area (Å²) in [6.45, 7) is 1.22. The molecule has 0 aromatic heterocycles. The molecule has 0 radical (unpaired) electrons. The highest BCUT2D eigenvalue weighted by atomic mass is 32.2. The molecule has 1 aliphatic carbocycles. The number of ether oxygens (including phenoxy) is 1. The molecule has 6 nitrogen and oxygen atoms in total. The SMILES string of the molecule is COCCCNC(=O)C1(c2ccc(NS(C)(=O)=O)cc2)CCC1. The minimum atomic E-state index is -3.29. The van der Waals surface area contributed by atoms with Crippen molar-refractivity contribution < 1.29 is 17.9 Å². The van der Waals surface area contributed by atoms with Gasteiger partial charge in [-0.05, 0) is 37.0 Å². The fraction of sp³-hybridized carbons (Fsp3) is 0.562. The molecule has 0 bridgehead atoms. The molecule has 2 N–H and O–H groups in total. The maximum absolute atomic E-state index is 12.6. The van der Waals surface area contributed by atoms with Crippen molar-refractivity contribution >= 4 is 21.6 Å². The first kappa shape index (κ1) is 17.7. The Morgan fingerprint density at radius 2 is 1.91 bits per heavy atom. The average Bonchev–Trinajstić information content (AvgIpc) is 2.43. The molecule has 2 rings (SSSR count). The van der Waals surface area contributed by atoms with Crippen LogP contribution in [0.3, 0.4) is 0 Å². The van der Waals surface area contributed by atoms with Crippen LogP contribution in [0, 0.1) is 0 Å². The first-order chi connectivity index (χ1) is 10.9. The highest BCUT2D eigenvalue weighted by Crippen LogP contribution is 2.44. The maximum Gasteiger partial charge on any atom is 0.230 e. The normalized spacial score (nSPS) is 16.4. The molecular weight excluding hydrogens is 316 g/mol. The highest BCUT2D eigenvalue weighted by molar-refractivity contribution is 7.92. The van der Waals surface area contributed by atoms with Crippen molar-refractivity contribution in [1.82, 2.24) is 5.32 Å². The number of sulfonamides is 1. The van der Waals surface area contributed by atoms with Crippen LogP contribution in [0.5, 0.6) is 0 Å². The summed E-state index contributed by atoms with van der Waals surface area (Å²) in [4.78, 5) is 12.6. The molecule has 0 saturated heterocycles. The van der Waals surface area contributed by atoms with E-state index in [1.165, 1.54) is 0 Å². The minimum Gasteiger partial charge on any atom is -0.385 e. The monoisotopic (exact) mass is 340 g/mol. The lowest BCUT2D eigenvalue weighted by atomic mass is 9.64. The zero-order chi connectivity index (χ0) is 16.9. The van der Waals surface area contributed by atoms with E-state index in [4.69, 9.17) is 4.74 Å². The number of amides is 1. The molecule has 0 unspecified atom stereocenters. The van der Waals surface area contributed by atoms with Crippen LogP contribution in [0.15, 0.2) is 24.3 Å². The fourth-order valence-electron chi connectivity index (χ4n) is 2.84. The van der Waals surface area contributed by atoms with E-state index in [9.17, 15) is 13.2 Å². The van der Waals surface area contributed by atoms with Gasteiger partial charge in [-0.25, -0.2) is 8.42 Å². The molecule has 0 heterocycles. The standard InChI is InChI=1S/C16H24N2O4S/c1-22-12-4-11-17-15(19)16(9-3-10-16)13-5-7-14(8-6-13)18-23(2,20)21/h5-8,18H,3-4,9-12H2,1-2H3,(H,17,19). The van der Waals surface area contributed by atoms with Crippen LogP contribution in [0.1, 0.15) is 31.2 Å². The van der Waals surface area contributed by atoms with Crippen molar-refractivity contribution in [3.8, 4) is 0 Å². The number of carbonyl (C=O) groups excluding carboxylic acids is 1. The first-order valence-corrected chi connectivity index (χ1v) is 9.62. The summed E-state index contributed by atoms with van der Waals surface area (Å²) in [5.74, 6) is 0.0451. The molecule has 23 heavy (non-hydrogen) atoms. The van der Waals surface area contributed by atoms with Crippen LogP contribution < -0.4 is 10.0 Å². The minimum absolute atomic E-state index is 0.0451. The molecule has 0 spiro atoms. The van der Waals surface area contributed by atoms with Crippen molar-refractivity contribution in [1.29, 1.82) is 0 Å². The van der Waals surface area contributed by atoms with Gasteiger partial charge in [0.2, 0.25) is 15.9 Å². The third kappa shape index (κ3) is 4.45. The Hall–Kier alpha value is -1.60. The topological polar surface area (TPSA) is 84.5 Å². The number of carbonyl (C=O) groups is 1. The van der Waals surface area contributed by atoms with E-state index >= 15 is 0 Å². The lowest BCUT2D eigenvalue weighted by molar-refractivity contribution is -0.129. The van der Waals surface area contributed by atoms with Crippen molar-refractivity contribution in [2.24, 2.45) is 0 Å². The van der Waals surface area contributed by atoms with E-state index in [2.05, 4.69) is 10.0 Å². The van der Waals surface area contributed by atoms with Gasteiger partial charge in [-0.2, -0.15) is 0 Å². The van der Waals surface area contributed by atoms with Gasteiger partial charge in [0.15, 0.2) is 0 Å². The summed E-state index contributed by atoms with van der Waals surface area (Å²) in [6, 6.07) is 7.08. The van der Waals surface area contributed by atoms with Gasteiger partial charge in [0.25, 0.3) is 0 Å². The predicted octanol–water partition coefficient (Wildman–Crippen LogP) is 1.63. The predicted molar refractivity (Wildman–Crippen MR) is 89.9 cm³/mol. The number of hydrogen-bond donors (Lipinski definition) is 2. The van der Waals surface area contributed by atoms with E-state index < -0.39 is 15.4 Å². The number of anilines is 1. The van der Waals surface area contributed by atoms with E-state index in [-0.39, 0.29) is 5.91 Å². The molecule has 1 saturated carbocycles. The summed E-state index contributed by atoms with van der Waals surface area (Å²) < 4.78 is 29.9. The lowest BCUT2D eigenvalue weighted by Crippen LogP contribution is -2.49. The molecule has 7 heteroatoms. The second-order valence-corrected chi connectivity index (χ2v) is 7.74. The fourth-order valence-corrected chi connectivity index (χ4v) is 3.40. The second kappa shape index (κ2) is 7.31.